The zero-order valence-corrected chi connectivity index (χ0v) is 12.6. The van der Waals surface area contributed by atoms with Crippen molar-refractivity contribution in [1.82, 2.24) is 5.32 Å². The van der Waals surface area contributed by atoms with E-state index in [2.05, 4.69) is 19.2 Å². The molecule has 0 aliphatic carbocycles. The highest BCUT2D eigenvalue weighted by Crippen LogP contribution is 2.26. The average Bonchev–Trinajstić information content (AvgIpc) is 2.41. The van der Waals surface area contributed by atoms with E-state index in [0.29, 0.717) is 17.9 Å². The van der Waals surface area contributed by atoms with Gasteiger partial charge in [0.15, 0.2) is 11.5 Å². The molecule has 4 heteroatoms. The largest absolute Gasteiger partial charge is 0.504 e. The minimum absolute atomic E-state index is 0.00188. The number of hydrogen-bond donors (Lipinski definition) is 2. The molecule has 1 aromatic carbocycles. The summed E-state index contributed by atoms with van der Waals surface area (Å²) in [6.07, 6.45) is 4.03. The number of hydrogen-bond acceptors (Lipinski definition) is 3. The Kier molecular flexibility index (Phi) is 6.91. The van der Waals surface area contributed by atoms with Gasteiger partial charge in [-0.3, -0.25) is 4.79 Å². The summed E-state index contributed by atoms with van der Waals surface area (Å²) in [7, 11) is 0. The van der Waals surface area contributed by atoms with Crippen LogP contribution in [-0.2, 0) is 0 Å². The molecule has 0 aliphatic heterocycles. The molecule has 0 saturated heterocycles. The summed E-state index contributed by atoms with van der Waals surface area (Å²) in [5, 5.41) is 12.8. The highest BCUT2D eigenvalue weighted by atomic mass is 16.5. The molecular formula is C16H25NO3. The van der Waals surface area contributed by atoms with E-state index in [4.69, 9.17) is 4.74 Å². The molecule has 0 aromatic heterocycles. The molecule has 0 atom stereocenters. The van der Waals surface area contributed by atoms with Crippen LogP contribution in [0.2, 0.25) is 0 Å². The normalized spacial score (nSPS) is 10.6. The minimum Gasteiger partial charge on any atom is -0.504 e. The Morgan fingerprint density at radius 1 is 1.25 bits per heavy atom. The van der Waals surface area contributed by atoms with Crippen molar-refractivity contribution in [2.24, 2.45) is 0 Å². The molecule has 1 rings (SSSR count). The number of ether oxygens (including phenoxy) is 1. The maximum absolute atomic E-state index is 12.2. The van der Waals surface area contributed by atoms with Crippen molar-refractivity contribution in [2.45, 2.75) is 52.5 Å². The van der Waals surface area contributed by atoms with Crippen LogP contribution in [0.25, 0.3) is 0 Å². The van der Waals surface area contributed by atoms with Gasteiger partial charge in [-0.15, -0.1) is 0 Å². The third kappa shape index (κ3) is 4.76. The molecule has 0 fully saturated rings. The lowest BCUT2D eigenvalue weighted by Gasteiger charge is -2.17. The molecule has 2 N–H and O–H groups in total. The number of phenols is 1. The van der Waals surface area contributed by atoms with E-state index in [1.807, 2.05) is 6.92 Å². The van der Waals surface area contributed by atoms with Crippen LogP contribution in [0.5, 0.6) is 11.5 Å². The number of amides is 1. The van der Waals surface area contributed by atoms with E-state index in [9.17, 15) is 9.90 Å². The van der Waals surface area contributed by atoms with Gasteiger partial charge in [-0.25, -0.2) is 0 Å². The van der Waals surface area contributed by atoms with Crippen molar-refractivity contribution in [1.29, 1.82) is 0 Å². The summed E-state index contributed by atoms with van der Waals surface area (Å²) in [6, 6.07) is 4.96. The van der Waals surface area contributed by atoms with Crippen molar-refractivity contribution in [3.05, 3.63) is 23.8 Å². The Hall–Kier alpha value is -1.71. The topological polar surface area (TPSA) is 58.6 Å². The van der Waals surface area contributed by atoms with Gasteiger partial charge in [-0.2, -0.15) is 0 Å². The fourth-order valence-electron chi connectivity index (χ4n) is 2.19. The summed E-state index contributed by atoms with van der Waals surface area (Å²) in [5.74, 6) is 0.264. The average molecular weight is 279 g/mol. The lowest BCUT2D eigenvalue weighted by atomic mass is 10.1. The minimum atomic E-state index is -0.143. The molecular weight excluding hydrogens is 254 g/mol. The molecule has 0 saturated carbocycles. The van der Waals surface area contributed by atoms with Crippen molar-refractivity contribution < 1.29 is 14.6 Å². The standard InChI is InChI=1S/C16H25NO3/c1-4-7-13(8-5-2)17-16(19)12-9-10-15(20-6-3)14(18)11-12/h9-11,13,18H,4-8H2,1-3H3,(H,17,19). The van der Waals surface area contributed by atoms with E-state index in [-0.39, 0.29) is 17.7 Å². The summed E-state index contributed by atoms with van der Waals surface area (Å²) < 4.78 is 5.25. The quantitative estimate of drug-likeness (QED) is 0.766. The lowest BCUT2D eigenvalue weighted by Crippen LogP contribution is -2.34. The van der Waals surface area contributed by atoms with Gasteiger partial charge in [0.05, 0.1) is 6.61 Å². The Morgan fingerprint density at radius 2 is 1.90 bits per heavy atom. The van der Waals surface area contributed by atoms with Gasteiger partial charge in [0.25, 0.3) is 5.91 Å². The Morgan fingerprint density at radius 3 is 2.40 bits per heavy atom. The van der Waals surface area contributed by atoms with Crippen molar-refractivity contribution >= 4 is 5.91 Å². The van der Waals surface area contributed by atoms with Gasteiger partial charge in [0.2, 0.25) is 0 Å². The number of rotatable bonds is 8. The van der Waals surface area contributed by atoms with Crippen LogP contribution in [0.3, 0.4) is 0 Å². The van der Waals surface area contributed by atoms with Crippen LogP contribution in [0.4, 0.5) is 0 Å². The lowest BCUT2D eigenvalue weighted by molar-refractivity contribution is 0.0932. The van der Waals surface area contributed by atoms with Crippen molar-refractivity contribution in [2.75, 3.05) is 6.61 Å². The first-order chi connectivity index (χ1) is 9.62. The highest BCUT2D eigenvalue weighted by Gasteiger charge is 2.14. The number of benzene rings is 1. The van der Waals surface area contributed by atoms with Gasteiger partial charge in [0.1, 0.15) is 0 Å². The molecule has 112 valence electrons. The zero-order chi connectivity index (χ0) is 15.0. The molecule has 0 radical (unpaired) electrons. The highest BCUT2D eigenvalue weighted by molar-refractivity contribution is 5.95. The maximum Gasteiger partial charge on any atom is 0.251 e. The maximum atomic E-state index is 12.2. The van der Waals surface area contributed by atoms with Gasteiger partial charge < -0.3 is 15.2 Å². The molecule has 1 amide bonds. The fourth-order valence-corrected chi connectivity index (χ4v) is 2.19. The number of carbonyl (C=O) groups is 1. The predicted molar refractivity (Wildman–Crippen MR) is 80.3 cm³/mol. The van der Waals surface area contributed by atoms with Crippen molar-refractivity contribution in [3.8, 4) is 11.5 Å². The summed E-state index contributed by atoms with van der Waals surface area (Å²) >= 11 is 0. The van der Waals surface area contributed by atoms with Crippen LogP contribution in [0.15, 0.2) is 18.2 Å². The van der Waals surface area contributed by atoms with E-state index in [0.717, 1.165) is 25.7 Å². The number of nitrogens with one attached hydrogen (secondary N) is 1. The van der Waals surface area contributed by atoms with Gasteiger partial charge in [-0.05, 0) is 38.0 Å². The SMILES string of the molecule is CCCC(CCC)NC(=O)c1ccc(OCC)c(O)c1. The van der Waals surface area contributed by atoms with Crippen LogP contribution in [-0.4, -0.2) is 23.7 Å². The zero-order valence-electron chi connectivity index (χ0n) is 12.6. The summed E-state index contributed by atoms with van der Waals surface area (Å²) in [5.41, 5.74) is 0.461. The molecule has 0 unspecified atom stereocenters. The summed E-state index contributed by atoms with van der Waals surface area (Å²) in [4.78, 5) is 12.2. The van der Waals surface area contributed by atoms with Gasteiger partial charge in [0, 0.05) is 11.6 Å². The van der Waals surface area contributed by atoms with Gasteiger partial charge in [-0.1, -0.05) is 26.7 Å². The second kappa shape index (κ2) is 8.46. The third-order valence-corrected chi connectivity index (χ3v) is 3.13. The molecule has 0 aliphatic rings. The Bertz CT molecular complexity index is 426. The first-order valence-electron chi connectivity index (χ1n) is 7.39. The van der Waals surface area contributed by atoms with E-state index < -0.39 is 0 Å². The van der Waals surface area contributed by atoms with E-state index >= 15 is 0 Å². The van der Waals surface area contributed by atoms with Crippen molar-refractivity contribution in [3.63, 3.8) is 0 Å². The van der Waals surface area contributed by atoms with Crippen LogP contribution < -0.4 is 10.1 Å². The molecule has 0 bridgehead atoms. The molecule has 4 nitrogen and oxygen atoms in total. The second-order valence-corrected chi connectivity index (χ2v) is 4.86. The Balaban J connectivity index is 2.73. The number of aromatic hydroxyl groups is 1. The third-order valence-electron chi connectivity index (χ3n) is 3.13. The van der Waals surface area contributed by atoms with E-state index in [1.165, 1.54) is 6.07 Å². The van der Waals surface area contributed by atoms with Crippen LogP contribution >= 0.6 is 0 Å². The van der Waals surface area contributed by atoms with Crippen LogP contribution in [0, 0.1) is 0 Å². The first kappa shape index (κ1) is 16.3. The Labute approximate surface area is 121 Å². The number of carbonyl (C=O) groups excluding carboxylic acids is 1. The fraction of sp³-hybridized carbons (Fsp3) is 0.562. The van der Waals surface area contributed by atoms with E-state index in [1.54, 1.807) is 12.1 Å². The summed E-state index contributed by atoms with van der Waals surface area (Å²) in [6.45, 7) is 6.55. The monoisotopic (exact) mass is 279 g/mol. The second-order valence-electron chi connectivity index (χ2n) is 4.86. The first-order valence-corrected chi connectivity index (χ1v) is 7.39. The molecule has 20 heavy (non-hydrogen) atoms. The number of phenolic OH excluding ortho intramolecular Hbond substituents is 1. The predicted octanol–water partition coefficient (Wildman–Crippen LogP) is 3.49. The molecule has 0 heterocycles. The smallest absolute Gasteiger partial charge is 0.251 e. The molecule has 1 aromatic rings. The van der Waals surface area contributed by atoms with Crippen LogP contribution in [0.1, 0.15) is 56.8 Å². The van der Waals surface area contributed by atoms with Gasteiger partial charge >= 0.3 is 0 Å². The molecule has 0 spiro atoms.